The Morgan fingerprint density at radius 2 is 2.13 bits per heavy atom. The number of allylic oxidation sites excluding steroid dienone is 2. The standard InChI is InChI=1S/C11H16N2O2/c1-2-5-11(10(13)15)6-3-4-8(7-11)9(12)14/h3-4,6H,2,5,7H2,1H3,(H2,12,14)(H2,13,15). The van der Waals surface area contributed by atoms with Crippen molar-refractivity contribution < 1.29 is 9.59 Å². The lowest BCUT2D eigenvalue weighted by Gasteiger charge is -2.29. The molecule has 1 unspecified atom stereocenters. The first-order valence-corrected chi connectivity index (χ1v) is 5.00. The van der Waals surface area contributed by atoms with Crippen molar-refractivity contribution in [2.45, 2.75) is 26.2 Å². The van der Waals surface area contributed by atoms with Crippen LogP contribution in [0.4, 0.5) is 0 Å². The first-order valence-electron chi connectivity index (χ1n) is 5.00. The van der Waals surface area contributed by atoms with Crippen LogP contribution >= 0.6 is 0 Å². The van der Waals surface area contributed by atoms with Gasteiger partial charge in [-0.15, -0.1) is 0 Å². The Morgan fingerprint density at radius 1 is 1.47 bits per heavy atom. The minimum absolute atomic E-state index is 0.321. The number of carbonyl (C=O) groups is 2. The highest BCUT2D eigenvalue weighted by molar-refractivity contribution is 5.95. The van der Waals surface area contributed by atoms with E-state index >= 15 is 0 Å². The molecule has 1 aliphatic carbocycles. The van der Waals surface area contributed by atoms with Gasteiger partial charge in [-0.2, -0.15) is 0 Å². The van der Waals surface area contributed by atoms with Gasteiger partial charge in [0.15, 0.2) is 0 Å². The predicted octanol–water partition coefficient (Wildman–Crippen LogP) is 0.630. The lowest BCUT2D eigenvalue weighted by molar-refractivity contribution is -0.125. The Hall–Kier alpha value is -1.58. The zero-order valence-electron chi connectivity index (χ0n) is 8.82. The summed E-state index contributed by atoms with van der Waals surface area (Å²) < 4.78 is 0. The van der Waals surface area contributed by atoms with E-state index in [4.69, 9.17) is 11.5 Å². The van der Waals surface area contributed by atoms with E-state index in [-0.39, 0.29) is 0 Å². The normalized spacial score (nSPS) is 24.7. The van der Waals surface area contributed by atoms with Crippen molar-refractivity contribution >= 4 is 11.8 Å². The molecule has 4 nitrogen and oxygen atoms in total. The minimum Gasteiger partial charge on any atom is -0.369 e. The van der Waals surface area contributed by atoms with Gasteiger partial charge < -0.3 is 11.5 Å². The van der Waals surface area contributed by atoms with Crippen molar-refractivity contribution in [3.8, 4) is 0 Å². The fourth-order valence-electron chi connectivity index (χ4n) is 1.89. The molecule has 1 aliphatic rings. The van der Waals surface area contributed by atoms with Gasteiger partial charge in [0, 0.05) is 5.57 Å². The van der Waals surface area contributed by atoms with Gasteiger partial charge in [0.2, 0.25) is 11.8 Å². The highest BCUT2D eigenvalue weighted by Crippen LogP contribution is 2.35. The number of nitrogens with two attached hydrogens (primary N) is 2. The fourth-order valence-corrected chi connectivity index (χ4v) is 1.89. The van der Waals surface area contributed by atoms with Gasteiger partial charge in [-0.05, 0) is 12.8 Å². The third kappa shape index (κ3) is 2.26. The molecule has 0 radical (unpaired) electrons. The second-order valence-electron chi connectivity index (χ2n) is 3.86. The maximum atomic E-state index is 11.4. The molecule has 15 heavy (non-hydrogen) atoms. The fraction of sp³-hybridized carbons (Fsp3) is 0.455. The van der Waals surface area contributed by atoms with Gasteiger partial charge in [0.25, 0.3) is 0 Å². The van der Waals surface area contributed by atoms with Gasteiger partial charge in [0.05, 0.1) is 5.41 Å². The number of hydrogen-bond donors (Lipinski definition) is 2. The Bertz CT molecular complexity index is 344. The van der Waals surface area contributed by atoms with Crippen molar-refractivity contribution in [1.29, 1.82) is 0 Å². The van der Waals surface area contributed by atoms with Crippen molar-refractivity contribution in [1.82, 2.24) is 0 Å². The van der Waals surface area contributed by atoms with Crippen LogP contribution in [0.3, 0.4) is 0 Å². The van der Waals surface area contributed by atoms with Crippen LogP contribution in [0.25, 0.3) is 0 Å². The summed E-state index contributed by atoms with van der Waals surface area (Å²) >= 11 is 0. The van der Waals surface area contributed by atoms with Gasteiger partial charge in [0.1, 0.15) is 0 Å². The van der Waals surface area contributed by atoms with Gasteiger partial charge in [-0.25, -0.2) is 0 Å². The summed E-state index contributed by atoms with van der Waals surface area (Å²) in [6.45, 7) is 1.97. The van der Waals surface area contributed by atoms with E-state index < -0.39 is 17.2 Å². The van der Waals surface area contributed by atoms with Crippen LogP contribution in [0.15, 0.2) is 23.8 Å². The third-order valence-electron chi connectivity index (χ3n) is 2.72. The van der Waals surface area contributed by atoms with E-state index in [9.17, 15) is 9.59 Å². The number of hydrogen-bond acceptors (Lipinski definition) is 2. The van der Waals surface area contributed by atoms with E-state index in [1.807, 2.05) is 6.92 Å². The molecule has 1 rings (SSSR count). The molecule has 0 spiro atoms. The Labute approximate surface area is 89.0 Å². The van der Waals surface area contributed by atoms with E-state index in [2.05, 4.69) is 0 Å². The summed E-state index contributed by atoms with van der Waals surface area (Å²) in [5.74, 6) is -0.881. The van der Waals surface area contributed by atoms with Crippen LogP contribution in [-0.2, 0) is 9.59 Å². The quantitative estimate of drug-likeness (QED) is 0.710. The number of rotatable bonds is 4. The average Bonchev–Trinajstić information content (AvgIpc) is 2.18. The maximum Gasteiger partial charge on any atom is 0.244 e. The van der Waals surface area contributed by atoms with Crippen molar-refractivity contribution in [2.75, 3.05) is 0 Å². The van der Waals surface area contributed by atoms with Gasteiger partial charge >= 0.3 is 0 Å². The lowest BCUT2D eigenvalue weighted by Crippen LogP contribution is -2.38. The lowest BCUT2D eigenvalue weighted by atomic mass is 9.74. The highest BCUT2D eigenvalue weighted by Gasteiger charge is 2.36. The third-order valence-corrected chi connectivity index (χ3v) is 2.72. The van der Waals surface area contributed by atoms with Crippen molar-refractivity contribution in [2.24, 2.45) is 16.9 Å². The molecular weight excluding hydrogens is 192 g/mol. The van der Waals surface area contributed by atoms with Crippen LogP contribution in [0.5, 0.6) is 0 Å². The largest absolute Gasteiger partial charge is 0.369 e. The topological polar surface area (TPSA) is 86.2 Å². The molecule has 0 bridgehead atoms. The Morgan fingerprint density at radius 3 is 2.60 bits per heavy atom. The SMILES string of the molecule is CCCC1(C(N)=O)C=CC=C(C(N)=O)C1. The van der Waals surface area contributed by atoms with Gasteiger partial charge in [-0.3, -0.25) is 9.59 Å². The van der Waals surface area contributed by atoms with E-state index in [0.717, 1.165) is 6.42 Å². The van der Waals surface area contributed by atoms with Crippen LogP contribution in [-0.4, -0.2) is 11.8 Å². The molecule has 0 heterocycles. The van der Waals surface area contributed by atoms with Crippen LogP contribution < -0.4 is 11.5 Å². The molecule has 0 aromatic heterocycles. The Balaban J connectivity index is 2.96. The van der Waals surface area contributed by atoms with Crippen LogP contribution in [0.2, 0.25) is 0 Å². The summed E-state index contributed by atoms with van der Waals surface area (Å²) in [7, 11) is 0. The van der Waals surface area contributed by atoms with E-state index in [1.54, 1.807) is 18.2 Å². The van der Waals surface area contributed by atoms with Crippen molar-refractivity contribution in [3.63, 3.8) is 0 Å². The monoisotopic (exact) mass is 208 g/mol. The molecule has 0 aromatic rings. The molecule has 4 heteroatoms. The molecule has 0 fully saturated rings. The summed E-state index contributed by atoms with van der Waals surface area (Å²) in [6, 6.07) is 0. The number of carbonyl (C=O) groups excluding carboxylic acids is 2. The summed E-state index contributed by atoms with van der Waals surface area (Å²) in [4.78, 5) is 22.5. The Kier molecular flexibility index (Phi) is 3.29. The van der Waals surface area contributed by atoms with Crippen LogP contribution in [0.1, 0.15) is 26.2 Å². The first kappa shape index (κ1) is 11.5. The summed E-state index contributed by atoms with van der Waals surface area (Å²) in [6.07, 6.45) is 6.89. The zero-order chi connectivity index (χ0) is 11.5. The number of primary amides is 2. The molecule has 1 atom stereocenters. The molecule has 0 aliphatic heterocycles. The minimum atomic E-state index is -0.728. The van der Waals surface area contributed by atoms with E-state index in [0.29, 0.717) is 18.4 Å². The molecule has 4 N–H and O–H groups in total. The highest BCUT2D eigenvalue weighted by atomic mass is 16.1. The maximum absolute atomic E-state index is 11.4. The average molecular weight is 208 g/mol. The number of amides is 2. The van der Waals surface area contributed by atoms with Crippen LogP contribution in [0, 0.1) is 5.41 Å². The summed E-state index contributed by atoms with van der Waals surface area (Å²) in [5.41, 5.74) is 10.3. The molecule has 0 saturated carbocycles. The van der Waals surface area contributed by atoms with E-state index in [1.165, 1.54) is 0 Å². The molecule has 2 amide bonds. The molecule has 82 valence electrons. The smallest absolute Gasteiger partial charge is 0.244 e. The summed E-state index contributed by atoms with van der Waals surface area (Å²) in [5, 5.41) is 0. The molecular formula is C11H16N2O2. The first-order chi connectivity index (χ1) is 7.02. The molecule has 0 aromatic carbocycles. The van der Waals surface area contributed by atoms with Crippen molar-refractivity contribution in [3.05, 3.63) is 23.8 Å². The predicted molar refractivity (Wildman–Crippen MR) is 57.6 cm³/mol. The second kappa shape index (κ2) is 4.29. The van der Waals surface area contributed by atoms with Gasteiger partial charge in [-0.1, -0.05) is 31.6 Å². The molecule has 0 saturated heterocycles. The zero-order valence-corrected chi connectivity index (χ0v) is 8.82. The second-order valence-corrected chi connectivity index (χ2v) is 3.86.